The normalized spacial score (nSPS) is 18.0. The summed E-state index contributed by atoms with van der Waals surface area (Å²) in [4.78, 5) is 11.6. The second-order valence-corrected chi connectivity index (χ2v) is 6.73. The minimum absolute atomic E-state index is 0. The molecule has 1 unspecified atom stereocenters. The number of nitrogens with zero attached hydrogens (tertiary/aromatic N) is 7. The maximum absolute atomic E-state index is 4.67. The molecule has 0 saturated carbocycles. The summed E-state index contributed by atoms with van der Waals surface area (Å²) in [6.07, 6.45) is 9.84. The van der Waals surface area contributed by atoms with Crippen molar-refractivity contribution in [2.45, 2.75) is 33.7 Å². The van der Waals surface area contributed by atoms with Crippen molar-refractivity contribution in [1.82, 2.24) is 34.4 Å². The van der Waals surface area contributed by atoms with Crippen LogP contribution >= 0.6 is 0 Å². The van der Waals surface area contributed by atoms with Crippen molar-refractivity contribution in [1.29, 1.82) is 0 Å². The third-order valence-electron chi connectivity index (χ3n) is 4.82. The SMILES string of the molecule is C.CCN1CCCC(Cn2ncc3cnc(Nc4cnn(C)c4)nc32)C1. The molecule has 0 spiro atoms. The van der Waals surface area contributed by atoms with E-state index >= 15 is 0 Å². The van der Waals surface area contributed by atoms with Gasteiger partial charge in [0.25, 0.3) is 0 Å². The molecule has 1 aliphatic rings. The average Bonchev–Trinajstić information content (AvgIpc) is 3.21. The van der Waals surface area contributed by atoms with Crippen molar-refractivity contribution in [3.05, 3.63) is 24.8 Å². The number of hydrogen-bond donors (Lipinski definition) is 1. The van der Waals surface area contributed by atoms with Crippen LogP contribution in [0.2, 0.25) is 0 Å². The topological polar surface area (TPSA) is 76.7 Å². The van der Waals surface area contributed by atoms with Crippen LogP contribution in [0.4, 0.5) is 11.6 Å². The summed E-state index contributed by atoms with van der Waals surface area (Å²) < 4.78 is 3.77. The summed E-state index contributed by atoms with van der Waals surface area (Å²) in [6.45, 7) is 6.62. The van der Waals surface area contributed by atoms with E-state index in [0.717, 1.165) is 36.4 Å². The standard InChI is InChI=1S/C17H24N8.CH4/c1-3-24-6-4-5-13(10-24)11-25-16-14(8-20-25)7-18-17(22-16)21-15-9-19-23(2)12-15;/h7-9,12-13H,3-6,10-11H2,1-2H3,(H,18,21,22);1H4. The lowest BCUT2D eigenvalue weighted by Gasteiger charge is -2.31. The van der Waals surface area contributed by atoms with Gasteiger partial charge in [-0.25, -0.2) is 9.67 Å². The molecular formula is C18H28N8. The quantitative estimate of drug-likeness (QED) is 0.757. The molecule has 8 nitrogen and oxygen atoms in total. The van der Waals surface area contributed by atoms with Crippen molar-refractivity contribution in [2.24, 2.45) is 13.0 Å². The van der Waals surface area contributed by atoms with Gasteiger partial charge in [-0.05, 0) is 31.8 Å². The van der Waals surface area contributed by atoms with Crippen LogP contribution in [0.1, 0.15) is 27.2 Å². The number of nitrogens with one attached hydrogen (secondary N) is 1. The van der Waals surface area contributed by atoms with E-state index in [4.69, 9.17) is 0 Å². The van der Waals surface area contributed by atoms with Crippen molar-refractivity contribution >= 4 is 22.7 Å². The molecule has 0 aromatic carbocycles. The fourth-order valence-corrected chi connectivity index (χ4v) is 3.51. The predicted molar refractivity (Wildman–Crippen MR) is 103 cm³/mol. The van der Waals surface area contributed by atoms with Crippen LogP contribution in [-0.4, -0.2) is 54.1 Å². The average molecular weight is 356 g/mol. The monoisotopic (exact) mass is 356 g/mol. The zero-order valence-electron chi connectivity index (χ0n) is 14.8. The Balaban J connectivity index is 0.00000196. The third kappa shape index (κ3) is 3.85. The molecule has 1 saturated heterocycles. The first-order valence-electron chi connectivity index (χ1n) is 8.88. The van der Waals surface area contributed by atoms with E-state index in [2.05, 4.69) is 37.3 Å². The van der Waals surface area contributed by atoms with Crippen LogP contribution in [0.15, 0.2) is 24.8 Å². The number of hydrogen-bond acceptors (Lipinski definition) is 6. The van der Waals surface area contributed by atoms with Crippen molar-refractivity contribution in [3.63, 3.8) is 0 Å². The lowest BCUT2D eigenvalue weighted by molar-refractivity contribution is 0.168. The summed E-state index contributed by atoms with van der Waals surface area (Å²) in [7, 11) is 1.88. The Hall–Kier alpha value is -2.48. The predicted octanol–water partition coefficient (Wildman–Crippen LogP) is 2.67. The minimum atomic E-state index is 0. The van der Waals surface area contributed by atoms with Gasteiger partial charge in [-0.3, -0.25) is 4.68 Å². The largest absolute Gasteiger partial charge is 0.321 e. The van der Waals surface area contributed by atoms with Crippen LogP contribution in [0.25, 0.3) is 11.0 Å². The molecule has 0 aliphatic carbocycles. The molecule has 140 valence electrons. The molecule has 4 rings (SSSR count). The number of likely N-dealkylation sites (tertiary alicyclic amines) is 1. The van der Waals surface area contributed by atoms with Crippen LogP contribution in [0, 0.1) is 5.92 Å². The van der Waals surface area contributed by atoms with Crippen LogP contribution < -0.4 is 5.32 Å². The van der Waals surface area contributed by atoms with Gasteiger partial charge < -0.3 is 10.2 Å². The molecule has 4 heterocycles. The Morgan fingerprint density at radius 1 is 1.23 bits per heavy atom. The summed E-state index contributed by atoms with van der Waals surface area (Å²) in [5.41, 5.74) is 1.76. The first-order chi connectivity index (χ1) is 12.2. The Bertz CT molecular complexity index is 852. The van der Waals surface area contributed by atoms with E-state index < -0.39 is 0 Å². The van der Waals surface area contributed by atoms with E-state index in [1.807, 2.05) is 30.3 Å². The molecule has 26 heavy (non-hydrogen) atoms. The number of piperidine rings is 1. The number of aryl methyl sites for hydroxylation is 1. The second kappa shape index (κ2) is 7.82. The molecule has 8 heteroatoms. The fourth-order valence-electron chi connectivity index (χ4n) is 3.51. The molecule has 1 fully saturated rings. The van der Waals surface area contributed by atoms with E-state index in [-0.39, 0.29) is 7.43 Å². The molecule has 1 aliphatic heterocycles. The zero-order chi connectivity index (χ0) is 17.2. The summed E-state index contributed by atoms with van der Waals surface area (Å²) in [6, 6.07) is 0. The lowest BCUT2D eigenvalue weighted by Crippen LogP contribution is -2.36. The number of anilines is 2. The van der Waals surface area contributed by atoms with Crippen molar-refractivity contribution in [2.75, 3.05) is 25.0 Å². The highest BCUT2D eigenvalue weighted by atomic mass is 15.3. The third-order valence-corrected chi connectivity index (χ3v) is 4.82. The summed E-state index contributed by atoms with van der Waals surface area (Å²) in [5, 5.41) is 12.9. The van der Waals surface area contributed by atoms with Gasteiger partial charge in [-0.1, -0.05) is 14.4 Å². The van der Waals surface area contributed by atoms with Crippen molar-refractivity contribution < 1.29 is 0 Å². The number of fused-ring (bicyclic) bond motifs is 1. The van der Waals surface area contributed by atoms with E-state index in [1.165, 1.54) is 19.4 Å². The summed E-state index contributed by atoms with van der Waals surface area (Å²) in [5.74, 6) is 1.20. The molecule has 3 aromatic heterocycles. The first kappa shape index (κ1) is 18.3. The Kier molecular flexibility index (Phi) is 5.51. The smallest absolute Gasteiger partial charge is 0.229 e. The molecule has 3 aromatic rings. The molecule has 1 N–H and O–H groups in total. The van der Waals surface area contributed by atoms with Gasteiger partial charge in [0.15, 0.2) is 5.65 Å². The fraction of sp³-hybridized carbons (Fsp3) is 0.556. The van der Waals surface area contributed by atoms with Gasteiger partial charge in [-0.15, -0.1) is 0 Å². The van der Waals surface area contributed by atoms with Gasteiger partial charge >= 0.3 is 0 Å². The Labute approximate surface area is 154 Å². The van der Waals surface area contributed by atoms with Crippen LogP contribution in [0.5, 0.6) is 0 Å². The van der Waals surface area contributed by atoms with Gasteiger partial charge in [0.1, 0.15) is 0 Å². The first-order valence-corrected chi connectivity index (χ1v) is 8.88. The van der Waals surface area contributed by atoms with Gasteiger partial charge in [-0.2, -0.15) is 15.2 Å². The Morgan fingerprint density at radius 3 is 2.88 bits per heavy atom. The van der Waals surface area contributed by atoms with Gasteiger partial charge in [0.05, 0.1) is 23.5 Å². The number of rotatable bonds is 5. The van der Waals surface area contributed by atoms with E-state index in [0.29, 0.717) is 11.9 Å². The molecule has 0 radical (unpaired) electrons. The highest BCUT2D eigenvalue weighted by molar-refractivity contribution is 5.75. The Morgan fingerprint density at radius 2 is 2.12 bits per heavy atom. The van der Waals surface area contributed by atoms with Gasteiger partial charge in [0, 0.05) is 32.5 Å². The highest BCUT2D eigenvalue weighted by Crippen LogP contribution is 2.21. The van der Waals surface area contributed by atoms with Crippen LogP contribution in [0.3, 0.4) is 0 Å². The summed E-state index contributed by atoms with van der Waals surface area (Å²) >= 11 is 0. The molecule has 1 atom stereocenters. The maximum atomic E-state index is 4.67. The van der Waals surface area contributed by atoms with Crippen molar-refractivity contribution in [3.8, 4) is 0 Å². The lowest BCUT2D eigenvalue weighted by atomic mass is 9.98. The zero-order valence-corrected chi connectivity index (χ0v) is 14.8. The van der Waals surface area contributed by atoms with E-state index in [9.17, 15) is 0 Å². The molecule has 0 amide bonds. The van der Waals surface area contributed by atoms with Gasteiger partial charge in [0.2, 0.25) is 5.95 Å². The molecule has 0 bridgehead atoms. The van der Waals surface area contributed by atoms with E-state index in [1.54, 1.807) is 10.9 Å². The molecular weight excluding hydrogens is 328 g/mol. The minimum Gasteiger partial charge on any atom is -0.321 e. The number of aromatic nitrogens is 6. The second-order valence-electron chi connectivity index (χ2n) is 6.73. The van der Waals surface area contributed by atoms with Crippen LogP contribution in [-0.2, 0) is 13.6 Å². The highest BCUT2D eigenvalue weighted by Gasteiger charge is 2.20. The maximum Gasteiger partial charge on any atom is 0.229 e.